The first kappa shape index (κ1) is 19.5. The van der Waals surface area contributed by atoms with Crippen LogP contribution in [0.15, 0.2) is 54.9 Å². The van der Waals surface area contributed by atoms with Crippen LogP contribution in [0, 0.1) is 23.2 Å². The van der Waals surface area contributed by atoms with Gasteiger partial charge >= 0.3 is 0 Å². The molecule has 3 heterocycles. The lowest BCUT2D eigenvalue weighted by Gasteiger charge is -2.16. The van der Waals surface area contributed by atoms with Crippen molar-refractivity contribution in [2.24, 2.45) is 5.73 Å². The molecule has 1 amide bonds. The Kier molecular flexibility index (Phi) is 4.46. The first-order chi connectivity index (χ1) is 15.5. The number of nitrogens with two attached hydrogens (primary N) is 1. The Hall–Kier alpha value is -4.49. The van der Waals surface area contributed by atoms with E-state index in [-0.39, 0.29) is 16.8 Å². The molecule has 0 aliphatic heterocycles. The normalized spacial score (nSPS) is 16.8. The van der Waals surface area contributed by atoms with Crippen molar-refractivity contribution in [2.75, 3.05) is 0 Å². The zero-order valence-corrected chi connectivity index (χ0v) is 17.3. The molecule has 7 heteroatoms. The van der Waals surface area contributed by atoms with Crippen molar-refractivity contribution < 1.29 is 4.79 Å². The fourth-order valence-electron chi connectivity index (χ4n) is 4.14. The average molecular weight is 418 g/mol. The standard InChI is InChI=1S/C25H18N6O/c1-25(10-8-17-5-3-11-28-23(17)25)9-7-16-4-2-6-19(12-16)31-21-13-18(14-26)29-15-20(21)22(30-31)24(27)32/h2-6,11-13,15H,8,10H2,1H3,(H2,27,32)/t25-/m1/s1. The largest absolute Gasteiger partial charge is 0.364 e. The van der Waals surface area contributed by atoms with Gasteiger partial charge in [-0.2, -0.15) is 10.4 Å². The van der Waals surface area contributed by atoms with E-state index in [9.17, 15) is 10.1 Å². The zero-order valence-electron chi connectivity index (χ0n) is 17.3. The molecule has 1 aromatic carbocycles. The van der Waals surface area contributed by atoms with Gasteiger partial charge in [-0.3, -0.25) is 9.78 Å². The maximum Gasteiger partial charge on any atom is 0.269 e. The molecule has 0 unspecified atom stereocenters. The number of benzene rings is 1. The number of pyridine rings is 2. The molecular weight excluding hydrogens is 400 g/mol. The van der Waals surface area contributed by atoms with Gasteiger partial charge in [-0.15, -0.1) is 0 Å². The summed E-state index contributed by atoms with van der Waals surface area (Å²) in [5.74, 6) is 6.05. The molecule has 0 fully saturated rings. The lowest BCUT2D eigenvalue weighted by atomic mass is 9.88. The number of aryl methyl sites for hydroxylation is 1. The second kappa shape index (κ2) is 7.33. The number of nitrogens with zero attached hydrogens (tertiary/aromatic N) is 5. The van der Waals surface area contributed by atoms with E-state index in [0.29, 0.717) is 16.6 Å². The van der Waals surface area contributed by atoms with Gasteiger partial charge in [0.1, 0.15) is 11.8 Å². The number of primary amides is 1. The van der Waals surface area contributed by atoms with Crippen molar-refractivity contribution in [3.63, 3.8) is 0 Å². The second-order valence-electron chi connectivity index (χ2n) is 7.97. The SMILES string of the molecule is C[C@@]1(C#Cc2cccc(-n3nc(C(N)=O)c4cnc(C#N)cc43)c2)CCc2cccnc21. The number of aromatic nitrogens is 4. The van der Waals surface area contributed by atoms with Crippen molar-refractivity contribution in [2.45, 2.75) is 25.2 Å². The number of hydrogen-bond donors (Lipinski definition) is 1. The summed E-state index contributed by atoms with van der Waals surface area (Å²) in [6.45, 7) is 2.12. The predicted molar refractivity (Wildman–Crippen MR) is 119 cm³/mol. The van der Waals surface area contributed by atoms with Gasteiger partial charge in [-0.25, -0.2) is 9.67 Å². The third kappa shape index (κ3) is 3.17. The molecule has 0 bridgehead atoms. The van der Waals surface area contributed by atoms with Crippen LogP contribution >= 0.6 is 0 Å². The highest BCUT2D eigenvalue weighted by Gasteiger charge is 2.33. The lowest BCUT2D eigenvalue weighted by molar-refractivity contribution is 0.0996. The van der Waals surface area contributed by atoms with E-state index in [0.717, 1.165) is 24.1 Å². The molecule has 0 saturated carbocycles. The molecule has 5 rings (SSSR count). The predicted octanol–water partition coefficient (Wildman–Crippen LogP) is 3.04. The Bertz CT molecular complexity index is 1500. The van der Waals surface area contributed by atoms with E-state index in [2.05, 4.69) is 39.9 Å². The number of amides is 1. The quantitative estimate of drug-likeness (QED) is 0.503. The van der Waals surface area contributed by atoms with E-state index >= 15 is 0 Å². The summed E-state index contributed by atoms with van der Waals surface area (Å²) in [5, 5.41) is 14.1. The van der Waals surface area contributed by atoms with E-state index in [1.54, 1.807) is 10.7 Å². The molecule has 3 aromatic heterocycles. The van der Waals surface area contributed by atoms with Crippen LogP contribution in [0.5, 0.6) is 0 Å². The Labute approximate surface area is 184 Å². The van der Waals surface area contributed by atoms with Crippen LogP contribution in [-0.2, 0) is 11.8 Å². The molecule has 32 heavy (non-hydrogen) atoms. The van der Waals surface area contributed by atoms with E-state index in [1.165, 1.54) is 11.8 Å². The molecule has 1 atom stereocenters. The third-order valence-corrected chi connectivity index (χ3v) is 5.80. The molecule has 2 N–H and O–H groups in total. The van der Waals surface area contributed by atoms with Crippen LogP contribution < -0.4 is 5.73 Å². The summed E-state index contributed by atoms with van der Waals surface area (Å²) in [4.78, 5) is 20.5. The van der Waals surface area contributed by atoms with Crippen LogP contribution in [-0.4, -0.2) is 25.7 Å². The summed E-state index contributed by atoms with van der Waals surface area (Å²) < 4.78 is 1.59. The number of carbonyl (C=O) groups excluding carboxylic acids is 1. The maximum atomic E-state index is 11.9. The maximum absolute atomic E-state index is 11.9. The first-order valence-electron chi connectivity index (χ1n) is 10.2. The van der Waals surface area contributed by atoms with Gasteiger partial charge in [0.05, 0.1) is 27.7 Å². The van der Waals surface area contributed by atoms with Gasteiger partial charge in [0.15, 0.2) is 5.69 Å². The van der Waals surface area contributed by atoms with Gasteiger partial charge in [0.25, 0.3) is 5.91 Å². The Balaban J connectivity index is 1.58. The van der Waals surface area contributed by atoms with Crippen LogP contribution in [0.1, 0.15) is 46.3 Å². The fourth-order valence-corrected chi connectivity index (χ4v) is 4.14. The number of hydrogen-bond acceptors (Lipinski definition) is 5. The van der Waals surface area contributed by atoms with E-state index in [4.69, 9.17) is 5.73 Å². The zero-order chi connectivity index (χ0) is 22.3. The lowest BCUT2D eigenvalue weighted by Crippen LogP contribution is -2.16. The van der Waals surface area contributed by atoms with Crippen LogP contribution in [0.2, 0.25) is 0 Å². The number of nitriles is 1. The third-order valence-electron chi connectivity index (χ3n) is 5.80. The minimum atomic E-state index is -0.656. The number of carbonyl (C=O) groups is 1. The summed E-state index contributed by atoms with van der Waals surface area (Å²) >= 11 is 0. The van der Waals surface area contributed by atoms with Gasteiger partial charge < -0.3 is 5.73 Å². The number of rotatable bonds is 2. The van der Waals surface area contributed by atoms with Crippen molar-refractivity contribution in [3.05, 3.63) is 83.1 Å². The highest BCUT2D eigenvalue weighted by atomic mass is 16.1. The second-order valence-corrected chi connectivity index (χ2v) is 7.97. The van der Waals surface area contributed by atoms with Gasteiger partial charge in [0.2, 0.25) is 0 Å². The minimum absolute atomic E-state index is 0.106. The summed E-state index contributed by atoms with van der Waals surface area (Å²) in [6.07, 6.45) is 5.17. The molecule has 1 aliphatic rings. The van der Waals surface area contributed by atoms with Gasteiger partial charge in [0, 0.05) is 24.0 Å². The molecule has 0 spiro atoms. The molecule has 1 aliphatic carbocycles. The van der Waals surface area contributed by atoms with Crippen molar-refractivity contribution in [3.8, 4) is 23.6 Å². The average Bonchev–Trinajstić information content (AvgIpc) is 3.37. The summed E-state index contributed by atoms with van der Waals surface area (Å²) in [5.41, 5.74) is 9.94. The number of fused-ring (bicyclic) bond motifs is 2. The molecule has 154 valence electrons. The van der Waals surface area contributed by atoms with Gasteiger partial charge in [-0.05, 0) is 49.6 Å². The monoisotopic (exact) mass is 418 g/mol. The summed E-state index contributed by atoms with van der Waals surface area (Å²) in [7, 11) is 0. The smallest absolute Gasteiger partial charge is 0.269 e. The van der Waals surface area contributed by atoms with Crippen LogP contribution in [0.3, 0.4) is 0 Å². The van der Waals surface area contributed by atoms with Crippen molar-refractivity contribution >= 4 is 16.8 Å². The first-order valence-corrected chi connectivity index (χ1v) is 10.2. The topological polar surface area (TPSA) is 110 Å². The van der Waals surface area contributed by atoms with Crippen molar-refractivity contribution in [1.29, 1.82) is 5.26 Å². The van der Waals surface area contributed by atoms with Crippen LogP contribution in [0.4, 0.5) is 0 Å². The molecule has 4 aromatic rings. The molecule has 0 saturated heterocycles. The highest BCUT2D eigenvalue weighted by Crippen LogP contribution is 2.36. The van der Waals surface area contributed by atoms with E-state index in [1.807, 2.05) is 42.6 Å². The Morgan fingerprint density at radius 2 is 2.09 bits per heavy atom. The van der Waals surface area contributed by atoms with Crippen LogP contribution in [0.25, 0.3) is 16.6 Å². The Morgan fingerprint density at radius 3 is 2.91 bits per heavy atom. The molecular formula is C25H18N6O. The fraction of sp³-hybridized carbons (Fsp3) is 0.160. The summed E-state index contributed by atoms with van der Waals surface area (Å²) in [6, 6.07) is 15.2. The molecule has 0 radical (unpaired) electrons. The Morgan fingerprint density at radius 1 is 1.22 bits per heavy atom. The highest BCUT2D eigenvalue weighted by molar-refractivity contribution is 6.04. The molecule has 7 nitrogen and oxygen atoms in total. The van der Waals surface area contributed by atoms with E-state index < -0.39 is 5.91 Å². The van der Waals surface area contributed by atoms with Gasteiger partial charge in [-0.1, -0.05) is 24.0 Å². The minimum Gasteiger partial charge on any atom is -0.364 e. The van der Waals surface area contributed by atoms with Crippen molar-refractivity contribution in [1.82, 2.24) is 19.7 Å².